The summed E-state index contributed by atoms with van der Waals surface area (Å²) in [7, 11) is 0. The number of para-hydroxylation sites is 1. The Balaban J connectivity index is 2.55. The molecule has 1 N–H and O–H groups in total. The monoisotopic (exact) mass is 203 g/mol. The molecule has 1 nitrogen and oxygen atoms in total. The largest absolute Gasteiger partial charge is 0.379 e. The Bertz CT molecular complexity index is 379. The molecule has 0 radical (unpaired) electrons. The maximum absolute atomic E-state index is 3.68. The Labute approximate surface area is 92.9 Å². The zero-order valence-corrected chi connectivity index (χ0v) is 10.4. The first-order valence-corrected chi connectivity index (χ1v) is 5.81. The summed E-state index contributed by atoms with van der Waals surface area (Å²) in [6.45, 7) is 11.5. The smallest absolute Gasteiger partial charge is 0.0409 e. The highest BCUT2D eigenvalue weighted by molar-refractivity contribution is 5.62. The average Bonchev–Trinajstić information content (AvgIpc) is 2.17. The molecular weight excluding hydrogens is 182 g/mol. The molecule has 0 fully saturated rings. The number of hydrogen-bond donors (Lipinski definition) is 1. The van der Waals surface area contributed by atoms with E-state index in [1.807, 2.05) is 0 Å². The molecule has 82 valence electrons. The van der Waals surface area contributed by atoms with E-state index in [2.05, 4.69) is 58.1 Å². The summed E-state index contributed by atoms with van der Waals surface area (Å²) in [5, 5.41) is 3.68. The van der Waals surface area contributed by atoms with E-state index in [1.54, 1.807) is 0 Å². The Morgan fingerprint density at radius 1 is 1.20 bits per heavy atom. The highest BCUT2D eigenvalue weighted by Gasteiger charge is 2.36. The van der Waals surface area contributed by atoms with Crippen molar-refractivity contribution in [2.45, 2.75) is 46.1 Å². The molecule has 0 saturated carbocycles. The fourth-order valence-corrected chi connectivity index (χ4v) is 2.57. The lowest BCUT2D eigenvalue weighted by Gasteiger charge is -2.44. The van der Waals surface area contributed by atoms with E-state index >= 15 is 0 Å². The minimum Gasteiger partial charge on any atom is -0.379 e. The van der Waals surface area contributed by atoms with E-state index in [0.29, 0.717) is 11.8 Å². The summed E-state index contributed by atoms with van der Waals surface area (Å²) in [5.74, 6) is 1.29. The van der Waals surface area contributed by atoms with Gasteiger partial charge >= 0.3 is 0 Å². The van der Waals surface area contributed by atoms with Crippen molar-refractivity contribution in [1.29, 1.82) is 0 Å². The van der Waals surface area contributed by atoms with Crippen molar-refractivity contribution in [3.8, 4) is 0 Å². The number of fused-ring (bicyclic) bond motifs is 1. The van der Waals surface area contributed by atoms with Crippen molar-refractivity contribution in [1.82, 2.24) is 0 Å². The van der Waals surface area contributed by atoms with Crippen molar-refractivity contribution in [2.24, 2.45) is 5.92 Å². The van der Waals surface area contributed by atoms with Crippen LogP contribution < -0.4 is 5.32 Å². The van der Waals surface area contributed by atoms with Gasteiger partial charge < -0.3 is 5.32 Å². The summed E-state index contributed by atoms with van der Waals surface area (Å²) in [6, 6.07) is 6.60. The number of nitrogens with one attached hydrogen (secondary N) is 1. The molecule has 0 amide bonds. The molecule has 0 bridgehead atoms. The van der Waals surface area contributed by atoms with Crippen LogP contribution in [0.15, 0.2) is 18.2 Å². The number of anilines is 1. The fraction of sp³-hybridized carbons (Fsp3) is 0.571. The van der Waals surface area contributed by atoms with E-state index in [9.17, 15) is 0 Å². The van der Waals surface area contributed by atoms with E-state index < -0.39 is 0 Å². The third-order valence-corrected chi connectivity index (χ3v) is 4.13. The standard InChI is InChI=1S/C14H21N/c1-9-7-6-8-12-10(2)11(3)14(4,5)15-13(9)12/h6-8,10-11,15H,1-5H3. The summed E-state index contributed by atoms with van der Waals surface area (Å²) < 4.78 is 0. The molecule has 0 saturated heterocycles. The first-order valence-electron chi connectivity index (χ1n) is 5.81. The third kappa shape index (κ3) is 1.54. The third-order valence-electron chi connectivity index (χ3n) is 4.13. The lowest BCUT2D eigenvalue weighted by molar-refractivity contribution is 0.315. The van der Waals surface area contributed by atoms with Crippen LogP contribution in [0.25, 0.3) is 0 Å². The molecular formula is C14H21N. The molecule has 2 unspecified atom stereocenters. The molecule has 0 spiro atoms. The second-order valence-electron chi connectivity index (χ2n) is 5.46. The van der Waals surface area contributed by atoms with Gasteiger partial charge in [-0.2, -0.15) is 0 Å². The van der Waals surface area contributed by atoms with Crippen LogP contribution >= 0.6 is 0 Å². The normalized spacial score (nSPS) is 28.1. The van der Waals surface area contributed by atoms with Crippen LogP contribution in [0.1, 0.15) is 44.7 Å². The lowest BCUT2D eigenvalue weighted by Crippen LogP contribution is -2.44. The van der Waals surface area contributed by atoms with Crippen LogP contribution in [-0.4, -0.2) is 5.54 Å². The van der Waals surface area contributed by atoms with Gasteiger partial charge in [-0.05, 0) is 43.7 Å². The van der Waals surface area contributed by atoms with Gasteiger partial charge in [0.1, 0.15) is 0 Å². The molecule has 1 aliphatic rings. The molecule has 1 aromatic rings. The van der Waals surface area contributed by atoms with E-state index in [4.69, 9.17) is 0 Å². The number of benzene rings is 1. The van der Waals surface area contributed by atoms with Crippen molar-refractivity contribution in [3.05, 3.63) is 29.3 Å². The molecule has 0 aliphatic carbocycles. The Morgan fingerprint density at radius 2 is 1.87 bits per heavy atom. The average molecular weight is 203 g/mol. The van der Waals surface area contributed by atoms with E-state index in [-0.39, 0.29) is 5.54 Å². The lowest BCUT2D eigenvalue weighted by atomic mass is 9.72. The minimum atomic E-state index is 0.193. The van der Waals surface area contributed by atoms with Crippen molar-refractivity contribution in [3.63, 3.8) is 0 Å². The number of rotatable bonds is 0. The molecule has 1 heteroatoms. The molecule has 0 aromatic heterocycles. The van der Waals surface area contributed by atoms with Crippen molar-refractivity contribution in [2.75, 3.05) is 5.32 Å². The number of aryl methyl sites for hydroxylation is 1. The summed E-state index contributed by atoms with van der Waals surface area (Å²) >= 11 is 0. The van der Waals surface area contributed by atoms with Crippen LogP contribution in [0.2, 0.25) is 0 Å². The predicted molar refractivity (Wildman–Crippen MR) is 66.5 cm³/mol. The topological polar surface area (TPSA) is 12.0 Å². The van der Waals surface area contributed by atoms with Gasteiger partial charge in [0.25, 0.3) is 0 Å². The zero-order chi connectivity index (χ0) is 11.2. The second-order valence-corrected chi connectivity index (χ2v) is 5.46. The predicted octanol–water partition coefficient (Wildman–Crippen LogP) is 3.94. The van der Waals surface area contributed by atoms with Gasteiger partial charge in [-0.25, -0.2) is 0 Å². The Kier molecular flexibility index (Phi) is 2.29. The van der Waals surface area contributed by atoms with Gasteiger partial charge in [-0.3, -0.25) is 0 Å². The maximum atomic E-state index is 3.68. The van der Waals surface area contributed by atoms with Crippen LogP contribution in [0, 0.1) is 12.8 Å². The van der Waals surface area contributed by atoms with Crippen molar-refractivity contribution >= 4 is 5.69 Å². The highest BCUT2D eigenvalue weighted by atomic mass is 15.0. The van der Waals surface area contributed by atoms with Gasteiger partial charge in [0.15, 0.2) is 0 Å². The summed E-state index contributed by atoms with van der Waals surface area (Å²) in [6.07, 6.45) is 0. The first-order chi connectivity index (χ1) is 6.93. The second kappa shape index (κ2) is 3.26. The molecule has 15 heavy (non-hydrogen) atoms. The van der Waals surface area contributed by atoms with Crippen molar-refractivity contribution < 1.29 is 0 Å². The molecule has 1 aromatic carbocycles. The quantitative estimate of drug-likeness (QED) is 0.673. The van der Waals surface area contributed by atoms with Gasteiger partial charge in [-0.15, -0.1) is 0 Å². The summed E-state index contributed by atoms with van der Waals surface area (Å²) in [5.41, 5.74) is 4.38. The van der Waals surface area contributed by atoms with Crippen LogP contribution in [0.3, 0.4) is 0 Å². The van der Waals surface area contributed by atoms with Gasteiger partial charge in [0, 0.05) is 11.2 Å². The minimum absolute atomic E-state index is 0.193. The van der Waals surface area contributed by atoms with Crippen LogP contribution in [0.4, 0.5) is 5.69 Å². The van der Waals surface area contributed by atoms with Gasteiger partial charge in [-0.1, -0.05) is 32.0 Å². The first kappa shape index (κ1) is 10.5. The molecule has 2 rings (SSSR count). The van der Waals surface area contributed by atoms with E-state index in [0.717, 1.165) is 0 Å². The highest BCUT2D eigenvalue weighted by Crippen LogP contribution is 2.43. The fourth-order valence-electron chi connectivity index (χ4n) is 2.57. The maximum Gasteiger partial charge on any atom is 0.0409 e. The van der Waals surface area contributed by atoms with Crippen LogP contribution in [-0.2, 0) is 0 Å². The molecule has 2 atom stereocenters. The van der Waals surface area contributed by atoms with Gasteiger partial charge in [0.05, 0.1) is 0 Å². The molecule has 1 heterocycles. The Hall–Kier alpha value is -0.980. The summed E-state index contributed by atoms with van der Waals surface area (Å²) in [4.78, 5) is 0. The van der Waals surface area contributed by atoms with E-state index in [1.165, 1.54) is 16.8 Å². The SMILES string of the molecule is Cc1cccc2c1NC(C)(C)C(C)C2C. The van der Waals surface area contributed by atoms with Gasteiger partial charge in [0.2, 0.25) is 0 Å². The number of hydrogen-bond acceptors (Lipinski definition) is 1. The Morgan fingerprint density at radius 3 is 2.53 bits per heavy atom. The zero-order valence-electron chi connectivity index (χ0n) is 10.4. The molecule has 1 aliphatic heterocycles. The van der Waals surface area contributed by atoms with Crippen LogP contribution in [0.5, 0.6) is 0 Å².